The topological polar surface area (TPSA) is 45.0 Å². The molecule has 0 aliphatic carbocycles. The average Bonchev–Trinajstić information content (AvgIpc) is 2.55. The summed E-state index contributed by atoms with van der Waals surface area (Å²) in [5, 5.41) is 8.20. The first kappa shape index (κ1) is 15.8. The standard InChI is InChI=1S/C17H18FN3O/c1-3-21(4-2)16-11-9-15(10-12-16)20-19-14-7-5-13(6-8-14)17(18)22/h5-12H,3-4H2,1-2H3. The van der Waals surface area contributed by atoms with Gasteiger partial charge in [-0.1, -0.05) is 0 Å². The van der Waals surface area contributed by atoms with Gasteiger partial charge in [-0.25, -0.2) is 0 Å². The lowest BCUT2D eigenvalue weighted by Crippen LogP contribution is -2.21. The van der Waals surface area contributed by atoms with Gasteiger partial charge in [-0.05, 0) is 62.4 Å². The van der Waals surface area contributed by atoms with Crippen LogP contribution >= 0.6 is 0 Å². The van der Waals surface area contributed by atoms with Crippen LogP contribution < -0.4 is 4.90 Å². The first-order valence-corrected chi connectivity index (χ1v) is 7.20. The van der Waals surface area contributed by atoms with E-state index in [1.807, 2.05) is 24.3 Å². The summed E-state index contributed by atoms with van der Waals surface area (Å²) in [7, 11) is 0. The zero-order valence-corrected chi connectivity index (χ0v) is 12.7. The minimum atomic E-state index is -1.45. The normalized spacial score (nSPS) is 10.9. The Hall–Kier alpha value is -2.56. The van der Waals surface area contributed by atoms with Crippen LogP contribution in [0.1, 0.15) is 24.2 Å². The predicted molar refractivity (Wildman–Crippen MR) is 86.1 cm³/mol. The number of hydrogen-bond donors (Lipinski definition) is 0. The fourth-order valence-electron chi connectivity index (χ4n) is 2.09. The summed E-state index contributed by atoms with van der Waals surface area (Å²) < 4.78 is 12.5. The molecule has 0 fully saturated rings. The van der Waals surface area contributed by atoms with Crippen molar-refractivity contribution in [3.8, 4) is 0 Å². The number of carbonyl (C=O) groups excluding carboxylic acids is 1. The molecule has 0 spiro atoms. The van der Waals surface area contributed by atoms with E-state index >= 15 is 0 Å². The van der Waals surface area contributed by atoms with Gasteiger partial charge in [-0.3, -0.25) is 4.79 Å². The van der Waals surface area contributed by atoms with Crippen LogP contribution in [0.15, 0.2) is 58.8 Å². The highest BCUT2D eigenvalue weighted by Crippen LogP contribution is 2.22. The molecule has 5 heteroatoms. The first-order valence-electron chi connectivity index (χ1n) is 7.20. The molecule has 0 N–H and O–H groups in total. The van der Waals surface area contributed by atoms with Gasteiger partial charge >= 0.3 is 6.04 Å². The van der Waals surface area contributed by atoms with Crippen molar-refractivity contribution < 1.29 is 9.18 Å². The largest absolute Gasteiger partial charge is 0.372 e. The van der Waals surface area contributed by atoms with E-state index in [1.165, 1.54) is 12.1 Å². The number of halogens is 1. The molecule has 0 aliphatic heterocycles. The van der Waals surface area contributed by atoms with Crippen LogP contribution in [0.5, 0.6) is 0 Å². The van der Waals surface area contributed by atoms with Gasteiger partial charge in [-0.15, -0.1) is 0 Å². The summed E-state index contributed by atoms with van der Waals surface area (Å²) >= 11 is 0. The van der Waals surface area contributed by atoms with E-state index in [0.717, 1.165) is 24.5 Å². The summed E-state index contributed by atoms with van der Waals surface area (Å²) in [6, 6.07) is 12.3. The van der Waals surface area contributed by atoms with Crippen molar-refractivity contribution in [3.05, 3.63) is 54.1 Å². The zero-order chi connectivity index (χ0) is 15.9. The second-order valence-corrected chi connectivity index (χ2v) is 4.71. The summed E-state index contributed by atoms with van der Waals surface area (Å²) in [6.07, 6.45) is 0. The molecule has 4 nitrogen and oxygen atoms in total. The van der Waals surface area contributed by atoms with E-state index in [9.17, 15) is 9.18 Å². The Morgan fingerprint density at radius 1 is 0.909 bits per heavy atom. The summed E-state index contributed by atoms with van der Waals surface area (Å²) in [5.74, 6) is 0. The lowest BCUT2D eigenvalue weighted by molar-refractivity contribution is 0.0836. The molecule has 0 aliphatic rings. The fourth-order valence-corrected chi connectivity index (χ4v) is 2.09. The monoisotopic (exact) mass is 299 g/mol. The molecule has 0 saturated carbocycles. The van der Waals surface area contributed by atoms with Gasteiger partial charge < -0.3 is 4.90 Å². The van der Waals surface area contributed by atoms with Crippen LogP contribution in [-0.4, -0.2) is 19.1 Å². The summed E-state index contributed by atoms with van der Waals surface area (Å²) in [5.41, 5.74) is 2.47. The number of hydrogen-bond acceptors (Lipinski definition) is 4. The van der Waals surface area contributed by atoms with Gasteiger partial charge in [0, 0.05) is 18.8 Å². The predicted octanol–water partition coefficient (Wildman–Crippen LogP) is 5.06. The fraction of sp³-hybridized carbons (Fsp3) is 0.235. The highest BCUT2D eigenvalue weighted by molar-refractivity contribution is 5.88. The van der Waals surface area contributed by atoms with Gasteiger partial charge in [0.1, 0.15) is 0 Å². The number of benzene rings is 2. The second-order valence-electron chi connectivity index (χ2n) is 4.71. The van der Waals surface area contributed by atoms with Crippen LogP contribution in [0.2, 0.25) is 0 Å². The number of nitrogens with zero attached hydrogens (tertiary/aromatic N) is 3. The lowest BCUT2D eigenvalue weighted by atomic mass is 10.2. The van der Waals surface area contributed by atoms with Gasteiger partial charge in [0.2, 0.25) is 0 Å². The highest BCUT2D eigenvalue weighted by atomic mass is 19.1. The third-order valence-corrected chi connectivity index (χ3v) is 3.35. The van der Waals surface area contributed by atoms with E-state index in [-0.39, 0.29) is 5.56 Å². The smallest absolute Gasteiger partial charge is 0.332 e. The zero-order valence-electron chi connectivity index (χ0n) is 12.7. The van der Waals surface area contributed by atoms with Gasteiger partial charge in [0.05, 0.1) is 16.9 Å². The highest BCUT2D eigenvalue weighted by Gasteiger charge is 2.03. The maximum Gasteiger partial charge on any atom is 0.332 e. The molecule has 0 amide bonds. The Labute approximate surface area is 129 Å². The Morgan fingerprint density at radius 2 is 1.36 bits per heavy atom. The third kappa shape index (κ3) is 3.97. The van der Waals surface area contributed by atoms with Crippen molar-refractivity contribution in [1.82, 2.24) is 0 Å². The van der Waals surface area contributed by atoms with Crippen molar-refractivity contribution in [2.45, 2.75) is 13.8 Å². The molecular formula is C17H18FN3O. The van der Waals surface area contributed by atoms with Crippen LogP contribution in [-0.2, 0) is 0 Å². The molecule has 0 aromatic heterocycles. The average molecular weight is 299 g/mol. The molecule has 0 saturated heterocycles. The molecule has 114 valence electrons. The van der Waals surface area contributed by atoms with Crippen molar-refractivity contribution in [2.75, 3.05) is 18.0 Å². The molecule has 2 aromatic carbocycles. The van der Waals surface area contributed by atoms with Crippen LogP contribution in [0.4, 0.5) is 21.5 Å². The minimum absolute atomic E-state index is 0.0162. The van der Waals surface area contributed by atoms with E-state index in [2.05, 4.69) is 29.0 Å². The molecule has 0 radical (unpaired) electrons. The van der Waals surface area contributed by atoms with Crippen LogP contribution in [0.25, 0.3) is 0 Å². The van der Waals surface area contributed by atoms with E-state index < -0.39 is 6.04 Å². The van der Waals surface area contributed by atoms with E-state index in [4.69, 9.17) is 0 Å². The molecule has 2 rings (SSSR count). The Morgan fingerprint density at radius 3 is 1.77 bits per heavy atom. The molecule has 0 bridgehead atoms. The van der Waals surface area contributed by atoms with Crippen molar-refractivity contribution >= 4 is 23.1 Å². The molecular weight excluding hydrogens is 281 g/mol. The van der Waals surface area contributed by atoms with Gasteiger partial charge in [0.25, 0.3) is 0 Å². The Bertz CT molecular complexity index is 647. The van der Waals surface area contributed by atoms with Crippen molar-refractivity contribution in [3.63, 3.8) is 0 Å². The quantitative estimate of drug-likeness (QED) is 0.553. The Balaban J connectivity index is 2.08. The molecule has 0 heterocycles. The first-order chi connectivity index (χ1) is 10.6. The third-order valence-electron chi connectivity index (χ3n) is 3.35. The number of anilines is 1. The van der Waals surface area contributed by atoms with Crippen molar-refractivity contribution in [2.24, 2.45) is 10.2 Å². The lowest BCUT2D eigenvalue weighted by Gasteiger charge is -2.20. The Kier molecular flexibility index (Phi) is 5.36. The molecule has 0 unspecified atom stereocenters. The second kappa shape index (κ2) is 7.45. The van der Waals surface area contributed by atoms with Crippen molar-refractivity contribution in [1.29, 1.82) is 0 Å². The molecule has 0 atom stereocenters. The number of rotatable bonds is 6. The molecule has 22 heavy (non-hydrogen) atoms. The maximum absolute atomic E-state index is 12.5. The summed E-state index contributed by atoms with van der Waals surface area (Å²) in [6.45, 7) is 6.14. The molecule has 2 aromatic rings. The van der Waals surface area contributed by atoms with E-state index in [1.54, 1.807) is 12.1 Å². The SMILES string of the molecule is CCN(CC)c1ccc(N=Nc2ccc(C(=O)F)cc2)cc1. The maximum atomic E-state index is 12.5. The van der Waals surface area contributed by atoms with Gasteiger partial charge in [0.15, 0.2) is 0 Å². The minimum Gasteiger partial charge on any atom is -0.372 e. The van der Waals surface area contributed by atoms with Gasteiger partial charge in [-0.2, -0.15) is 14.6 Å². The number of azo groups is 1. The van der Waals surface area contributed by atoms with Crippen LogP contribution in [0, 0.1) is 0 Å². The number of carbonyl (C=O) groups is 1. The van der Waals surface area contributed by atoms with E-state index in [0.29, 0.717) is 5.69 Å². The van der Waals surface area contributed by atoms with Crippen LogP contribution in [0.3, 0.4) is 0 Å². The summed E-state index contributed by atoms with van der Waals surface area (Å²) in [4.78, 5) is 12.8.